The number of nitrogens with zero attached hydrogens (tertiary/aromatic N) is 2. The Morgan fingerprint density at radius 3 is 2.64 bits per heavy atom. The highest BCUT2D eigenvalue weighted by Crippen LogP contribution is 2.28. The summed E-state index contributed by atoms with van der Waals surface area (Å²) in [7, 11) is -3.57. The molecule has 0 aliphatic carbocycles. The molecule has 1 aliphatic rings. The Hall–Kier alpha value is -2.08. The molecule has 2 aromatic carbocycles. The maximum Gasteiger partial charge on any atom is 0.243 e. The highest BCUT2D eigenvalue weighted by atomic mass is 32.2. The molecule has 0 aromatic heterocycles. The topological polar surface area (TPSA) is 57.7 Å². The van der Waals surface area contributed by atoms with Crippen LogP contribution in [0.1, 0.15) is 19.8 Å². The zero-order valence-electron chi connectivity index (χ0n) is 14.7. The zero-order chi connectivity index (χ0) is 18.0. The van der Waals surface area contributed by atoms with Gasteiger partial charge in [0.15, 0.2) is 0 Å². The number of amides is 1. The van der Waals surface area contributed by atoms with Gasteiger partial charge < -0.3 is 4.90 Å². The van der Waals surface area contributed by atoms with E-state index >= 15 is 0 Å². The first kappa shape index (κ1) is 17.7. The first-order valence-electron chi connectivity index (χ1n) is 8.59. The number of fused-ring (bicyclic) bond motifs is 1. The van der Waals surface area contributed by atoms with E-state index in [0.717, 1.165) is 29.9 Å². The van der Waals surface area contributed by atoms with Gasteiger partial charge in [-0.25, -0.2) is 8.42 Å². The van der Waals surface area contributed by atoms with E-state index in [2.05, 4.69) is 6.92 Å². The Morgan fingerprint density at radius 1 is 1.20 bits per heavy atom. The molecular formula is C19H24N2O3S. The van der Waals surface area contributed by atoms with Crippen molar-refractivity contribution in [2.45, 2.75) is 19.8 Å². The van der Waals surface area contributed by atoms with Crippen molar-refractivity contribution in [3.05, 3.63) is 42.5 Å². The molecule has 0 N–H and O–H groups in total. The quantitative estimate of drug-likeness (QED) is 0.842. The fourth-order valence-electron chi connectivity index (χ4n) is 3.45. The third kappa shape index (κ3) is 3.95. The molecule has 6 heteroatoms. The molecule has 1 aliphatic heterocycles. The summed E-state index contributed by atoms with van der Waals surface area (Å²) in [5.74, 6) is 0.326. The van der Waals surface area contributed by atoms with Crippen molar-refractivity contribution in [2.75, 3.05) is 30.2 Å². The fourth-order valence-corrected chi connectivity index (χ4v) is 4.31. The average molecular weight is 360 g/mol. The molecule has 0 spiro atoms. The summed E-state index contributed by atoms with van der Waals surface area (Å²) < 4.78 is 26.1. The monoisotopic (exact) mass is 360 g/mol. The average Bonchev–Trinajstić information content (AvgIpc) is 2.58. The van der Waals surface area contributed by atoms with Gasteiger partial charge in [0.2, 0.25) is 15.9 Å². The van der Waals surface area contributed by atoms with Gasteiger partial charge in [0.05, 0.1) is 11.9 Å². The second kappa shape index (κ2) is 7.04. The number of carbonyl (C=O) groups excluding carboxylic acids is 1. The maximum absolute atomic E-state index is 12.7. The van der Waals surface area contributed by atoms with Crippen LogP contribution in [0.25, 0.3) is 10.8 Å². The van der Waals surface area contributed by atoms with Gasteiger partial charge in [0.1, 0.15) is 6.54 Å². The molecule has 0 unspecified atom stereocenters. The minimum atomic E-state index is -3.57. The standard InChI is InChI=1S/C19H24N2O3S/c1-15-7-6-12-20(13-15)19(22)14-21(25(2,23)24)18-11-5-9-16-8-3-4-10-17(16)18/h3-5,8-11,15H,6-7,12-14H2,1-2H3/t15-/m0/s1. The van der Waals surface area contributed by atoms with Crippen molar-refractivity contribution in [1.29, 1.82) is 0 Å². The molecule has 0 radical (unpaired) electrons. The van der Waals surface area contributed by atoms with Gasteiger partial charge in [0, 0.05) is 18.5 Å². The van der Waals surface area contributed by atoms with Crippen LogP contribution in [0.15, 0.2) is 42.5 Å². The van der Waals surface area contributed by atoms with Crippen LogP contribution in [0.3, 0.4) is 0 Å². The molecule has 1 fully saturated rings. The van der Waals surface area contributed by atoms with Gasteiger partial charge in [-0.3, -0.25) is 9.10 Å². The molecule has 0 saturated carbocycles. The highest BCUT2D eigenvalue weighted by Gasteiger charge is 2.27. The van der Waals surface area contributed by atoms with Crippen LogP contribution in [-0.4, -0.2) is 45.1 Å². The Bertz CT molecular complexity index is 874. The lowest BCUT2D eigenvalue weighted by Crippen LogP contribution is -2.46. The number of hydrogen-bond acceptors (Lipinski definition) is 3. The molecule has 1 amide bonds. The van der Waals surface area contributed by atoms with Gasteiger partial charge in [-0.15, -0.1) is 0 Å². The van der Waals surface area contributed by atoms with Gasteiger partial charge in [-0.1, -0.05) is 43.3 Å². The number of hydrogen-bond donors (Lipinski definition) is 0. The molecule has 0 bridgehead atoms. The summed E-state index contributed by atoms with van der Waals surface area (Å²) in [4.78, 5) is 14.5. The molecule has 134 valence electrons. The first-order chi connectivity index (χ1) is 11.9. The largest absolute Gasteiger partial charge is 0.341 e. The lowest BCUT2D eigenvalue weighted by Gasteiger charge is -2.33. The number of rotatable bonds is 4. The third-order valence-corrected chi connectivity index (χ3v) is 5.85. The number of anilines is 1. The molecule has 2 aromatic rings. The van der Waals surface area contributed by atoms with E-state index in [4.69, 9.17) is 0 Å². The van der Waals surface area contributed by atoms with Crippen molar-refractivity contribution in [2.24, 2.45) is 5.92 Å². The summed E-state index contributed by atoms with van der Waals surface area (Å²) in [5.41, 5.74) is 0.555. The van der Waals surface area contributed by atoms with E-state index in [-0.39, 0.29) is 12.5 Å². The number of benzene rings is 2. The predicted octanol–water partition coefficient (Wildman–Crippen LogP) is 2.86. The Morgan fingerprint density at radius 2 is 1.92 bits per heavy atom. The van der Waals surface area contributed by atoms with Gasteiger partial charge >= 0.3 is 0 Å². The van der Waals surface area contributed by atoms with Crippen LogP contribution < -0.4 is 4.31 Å². The van der Waals surface area contributed by atoms with Crippen molar-refractivity contribution in [3.8, 4) is 0 Å². The van der Waals surface area contributed by atoms with Gasteiger partial charge in [0.25, 0.3) is 0 Å². The second-order valence-corrected chi connectivity index (χ2v) is 8.76. The van der Waals surface area contributed by atoms with E-state index < -0.39 is 10.0 Å². The van der Waals surface area contributed by atoms with E-state index in [0.29, 0.717) is 24.7 Å². The summed E-state index contributed by atoms with van der Waals surface area (Å²) >= 11 is 0. The number of likely N-dealkylation sites (tertiary alicyclic amines) is 1. The van der Waals surface area contributed by atoms with Crippen molar-refractivity contribution in [3.63, 3.8) is 0 Å². The third-order valence-electron chi connectivity index (χ3n) is 4.72. The molecule has 1 atom stereocenters. The Balaban J connectivity index is 1.94. The highest BCUT2D eigenvalue weighted by molar-refractivity contribution is 7.92. The lowest BCUT2D eigenvalue weighted by atomic mass is 10.0. The fraction of sp³-hybridized carbons (Fsp3) is 0.421. The number of sulfonamides is 1. The predicted molar refractivity (Wildman–Crippen MR) is 101 cm³/mol. The summed E-state index contributed by atoms with van der Waals surface area (Å²) in [6, 6.07) is 13.1. The molecule has 3 rings (SSSR count). The van der Waals surface area contributed by atoms with E-state index in [1.54, 1.807) is 11.0 Å². The number of piperidine rings is 1. The van der Waals surface area contributed by atoms with Crippen LogP contribution in [-0.2, 0) is 14.8 Å². The summed E-state index contributed by atoms with van der Waals surface area (Å²) in [6.45, 7) is 3.38. The van der Waals surface area contributed by atoms with Crippen LogP contribution in [0.5, 0.6) is 0 Å². The zero-order valence-corrected chi connectivity index (χ0v) is 15.5. The molecule has 25 heavy (non-hydrogen) atoms. The van der Waals surface area contributed by atoms with E-state index in [1.807, 2.05) is 36.4 Å². The Kier molecular flexibility index (Phi) is 4.99. The summed E-state index contributed by atoms with van der Waals surface area (Å²) in [5, 5.41) is 1.78. The van der Waals surface area contributed by atoms with Crippen LogP contribution >= 0.6 is 0 Å². The molecule has 1 heterocycles. The van der Waals surface area contributed by atoms with Crippen molar-refractivity contribution < 1.29 is 13.2 Å². The molecular weight excluding hydrogens is 336 g/mol. The second-order valence-electron chi connectivity index (χ2n) is 6.86. The maximum atomic E-state index is 12.7. The first-order valence-corrected chi connectivity index (χ1v) is 10.4. The van der Waals surface area contributed by atoms with Crippen molar-refractivity contribution >= 4 is 32.4 Å². The molecule has 1 saturated heterocycles. The van der Waals surface area contributed by atoms with Crippen LogP contribution in [0, 0.1) is 5.92 Å². The SMILES string of the molecule is C[C@H]1CCCN(C(=O)CN(c2cccc3ccccc23)S(C)(=O)=O)C1. The number of carbonyl (C=O) groups is 1. The van der Waals surface area contributed by atoms with Gasteiger partial charge in [-0.2, -0.15) is 0 Å². The lowest BCUT2D eigenvalue weighted by molar-refractivity contribution is -0.131. The van der Waals surface area contributed by atoms with Crippen LogP contribution in [0.4, 0.5) is 5.69 Å². The minimum absolute atomic E-state index is 0.134. The molecule has 5 nitrogen and oxygen atoms in total. The smallest absolute Gasteiger partial charge is 0.243 e. The van der Waals surface area contributed by atoms with Gasteiger partial charge in [-0.05, 0) is 30.2 Å². The van der Waals surface area contributed by atoms with Crippen LogP contribution in [0.2, 0.25) is 0 Å². The van der Waals surface area contributed by atoms with E-state index in [1.165, 1.54) is 4.31 Å². The van der Waals surface area contributed by atoms with Crippen molar-refractivity contribution in [1.82, 2.24) is 4.90 Å². The normalized spacial score (nSPS) is 18.3. The summed E-state index contributed by atoms with van der Waals surface area (Å²) in [6.07, 6.45) is 3.24. The van der Waals surface area contributed by atoms with E-state index in [9.17, 15) is 13.2 Å². The minimum Gasteiger partial charge on any atom is -0.341 e. The Labute approximate surface area is 149 Å².